The molecule has 2 aromatic heterocycles. The first kappa shape index (κ1) is 8.63. The van der Waals surface area contributed by atoms with Gasteiger partial charge in [0, 0.05) is 6.54 Å². The number of H-pyrrole nitrogens is 2. The second-order valence-corrected chi connectivity index (χ2v) is 2.68. The van der Waals surface area contributed by atoms with Gasteiger partial charge in [0.05, 0.1) is 12.7 Å². The van der Waals surface area contributed by atoms with E-state index in [1.165, 1.54) is 0 Å². The molecule has 0 saturated carbocycles. The van der Waals surface area contributed by atoms with Gasteiger partial charge in [-0.3, -0.25) is 9.67 Å². The highest BCUT2D eigenvalue weighted by atomic mass is 16.1. The Hall–Kier alpha value is -1.96. The predicted molar refractivity (Wildman–Crippen MR) is 47.3 cm³/mol. The Balaban J connectivity index is 2.28. The Morgan fingerprint density at radius 3 is 3.07 bits per heavy atom. The normalized spacial score (nSPS) is 10.6. The molecule has 0 fully saturated rings. The summed E-state index contributed by atoms with van der Waals surface area (Å²) in [7, 11) is 0. The van der Waals surface area contributed by atoms with E-state index in [0.717, 1.165) is 0 Å². The van der Waals surface area contributed by atoms with Crippen LogP contribution in [0.15, 0.2) is 11.0 Å². The number of hydrogen-bond acceptors (Lipinski definition) is 5. The zero-order valence-corrected chi connectivity index (χ0v) is 7.27. The molecule has 0 aromatic carbocycles. The van der Waals surface area contributed by atoms with Gasteiger partial charge in [-0.15, -0.1) is 5.10 Å². The number of rotatable bonds is 3. The van der Waals surface area contributed by atoms with Gasteiger partial charge in [-0.25, -0.2) is 9.89 Å². The Morgan fingerprint density at radius 2 is 2.43 bits per heavy atom. The summed E-state index contributed by atoms with van der Waals surface area (Å²) in [5, 5.41) is 13.6. The molecule has 0 spiro atoms. The Labute approximate surface area is 78.1 Å². The van der Waals surface area contributed by atoms with Crippen LogP contribution in [0.3, 0.4) is 0 Å². The highest BCUT2D eigenvalue weighted by Gasteiger charge is 2.06. The van der Waals surface area contributed by atoms with E-state index >= 15 is 0 Å². The van der Waals surface area contributed by atoms with Gasteiger partial charge in [0.15, 0.2) is 5.82 Å². The molecule has 8 heteroatoms. The molecule has 0 unspecified atom stereocenters. The van der Waals surface area contributed by atoms with E-state index in [1.54, 1.807) is 10.9 Å². The zero-order valence-electron chi connectivity index (χ0n) is 7.27. The molecule has 2 aromatic rings. The van der Waals surface area contributed by atoms with E-state index in [9.17, 15) is 4.79 Å². The van der Waals surface area contributed by atoms with Crippen LogP contribution in [0.25, 0.3) is 11.5 Å². The smallest absolute Gasteiger partial charge is 0.329 e. The van der Waals surface area contributed by atoms with Crippen LogP contribution in [0.5, 0.6) is 0 Å². The Kier molecular flexibility index (Phi) is 2.11. The number of nitrogens with one attached hydrogen (secondary N) is 2. The van der Waals surface area contributed by atoms with Crippen LogP contribution in [0, 0.1) is 0 Å². The van der Waals surface area contributed by atoms with E-state index in [1.807, 2.05) is 0 Å². The summed E-state index contributed by atoms with van der Waals surface area (Å²) in [5.41, 5.74) is 5.49. The lowest BCUT2D eigenvalue weighted by Gasteiger charge is -1.91. The molecule has 0 amide bonds. The van der Waals surface area contributed by atoms with E-state index in [-0.39, 0.29) is 5.69 Å². The predicted octanol–water partition coefficient (Wildman–Crippen LogP) is -1.68. The number of aromatic amines is 2. The van der Waals surface area contributed by atoms with Crippen LogP contribution >= 0.6 is 0 Å². The van der Waals surface area contributed by atoms with Gasteiger partial charge in [-0.1, -0.05) is 5.21 Å². The first-order valence-corrected chi connectivity index (χ1v) is 4.05. The molecule has 2 rings (SSSR count). The molecule has 4 N–H and O–H groups in total. The van der Waals surface area contributed by atoms with Crippen molar-refractivity contribution in [3.63, 3.8) is 0 Å². The number of nitrogens with two attached hydrogens (primary N) is 1. The highest BCUT2D eigenvalue weighted by molar-refractivity contribution is 5.44. The molecule has 74 valence electrons. The third kappa shape index (κ3) is 1.55. The molecule has 0 aliphatic heterocycles. The molecule has 0 saturated heterocycles. The van der Waals surface area contributed by atoms with Crippen LogP contribution in [0.2, 0.25) is 0 Å². The molecule has 14 heavy (non-hydrogen) atoms. The largest absolute Gasteiger partial charge is 0.340 e. The quantitative estimate of drug-likeness (QED) is 0.540. The Bertz CT molecular complexity index is 466. The first-order valence-electron chi connectivity index (χ1n) is 4.05. The van der Waals surface area contributed by atoms with Gasteiger partial charge >= 0.3 is 5.69 Å². The summed E-state index contributed by atoms with van der Waals surface area (Å²) in [4.78, 5) is 13.2. The molecule has 0 bridgehead atoms. The summed E-state index contributed by atoms with van der Waals surface area (Å²) in [6.45, 7) is 1.07. The maximum absolute atomic E-state index is 10.7. The van der Waals surface area contributed by atoms with Gasteiger partial charge in [0.2, 0.25) is 0 Å². The third-order valence-corrected chi connectivity index (χ3v) is 1.64. The minimum atomic E-state index is -0.367. The zero-order chi connectivity index (χ0) is 9.97. The summed E-state index contributed by atoms with van der Waals surface area (Å²) >= 11 is 0. The standard InChI is InChI=1S/C6H9N7O/c7-1-2-13-3-4(9-12-13)5-8-6(14)11-10-5/h3H,1-2,7H2,(H2,8,10,11,14). The van der Waals surface area contributed by atoms with Crippen LogP contribution in [-0.2, 0) is 6.54 Å². The van der Waals surface area contributed by atoms with Crippen molar-refractivity contribution in [1.82, 2.24) is 30.2 Å². The van der Waals surface area contributed by atoms with Crippen molar-refractivity contribution in [2.45, 2.75) is 6.54 Å². The van der Waals surface area contributed by atoms with Gasteiger partial charge in [-0.05, 0) is 0 Å². The van der Waals surface area contributed by atoms with Gasteiger partial charge in [0.25, 0.3) is 0 Å². The molecular formula is C6H9N7O. The van der Waals surface area contributed by atoms with Crippen molar-refractivity contribution in [3.05, 3.63) is 16.7 Å². The van der Waals surface area contributed by atoms with Gasteiger partial charge in [-0.2, -0.15) is 5.10 Å². The van der Waals surface area contributed by atoms with Crippen molar-refractivity contribution in [3.8, 4) is 11.5 Å². The van der Waals surface area contributed by atoms with Crippen molar-refractivity contribution in [2.75, 3.05) is 6.54 Å². The van der Waals surface area contributed by atoms with Crippen molar-refractivity contribution >= 4 is 0 Å². The number of nitrogens with zero attached hydrogens (tertiary/aromatic N) is 4. The highest BCUT2D eigenvalue weighted by Crippen LogP contribution is 2.06. The molecular weight excluding hydrogens is 186 g/mol. The van der Waals surface area contributed by atoms with E-state index in [4.69, 9.17) is 5.73 Å². The maximum Gasteiger partial charge on any atom is 0.340 e. The van der Waals surface area contributed by atoms with Crippen LogP contribution in [0.4, 0.5) is 0 Å². The minimum absolute atomic E-state index is 0.367. The molecule has 0 atom stereocenters. The maximum atomic E-state index is 10.7. The lowest BCUT2D eigenvalue weighted by Crippen LogP contribution is -2.10. The molecule has 2 heterocycles. The van der Waals surface area contributed by atoms with Crippen LogP contribution < -0.4 is 11.4 Å². The van der Waals surface area contributed by atoms with Crippen molar-refractivity contribution in [1.29, 1.82) is 0 Å². The van der Waals surface area contributed by atoms with E-state index in [2.05, 4.69) is 25.5 Å². The van der Waals surface area contributed by atoms with E-state index < -0.39 is 0 Å². The summed E-state index contributed by atoms with van der Waals surface area (Å²) in [6, 6.07) is 0. The summed E-state index contributed by atoms with van der Waals surface area (Å²) < 4.78 is 1.59. The van der Waals surface area contributed by atoms with Crippen LogP contribution in [0.1, 0.15) is 0 Å². The molecule has 0 aliphatic rings. The lowest BCUT2D eigenvalue weighted by atomic mass is 10.4. The minimum Gasteiger partial charge on any atom is -0.329 e. The average molecular weight is 195 g/mol. The lowest BCUT2D eigenvalue weighted by molar-refractivity contribution is 0.598. The Morgan fingerprint density at radius 1 is 1.57 bits per heavy atom. The topological polar surface area (TPSA) is 118 Å². The first-order chi connectivity index (χ1) is 6.79. The van der Waals surface area contributed by atoms with Gasteiger partial charge in [0.1, 0.15) is 5.69 Å². The third-order valence-electron chi connectivity index (χ3n) is 1.64. The summed E-state index contributed by atoms with van der Waals surface area (Å²) in [5.74, 6) is 0.373. The fourth-order valence-electron chi connectivity index (χ4n) is 1.04. The second-order valence-electron chi connectivity index (χ2n) is 2.68. The molecule has 0 radical (unpaired) electrons. The SMILES string of the molecule is NCCn1cc(-c2n[nH]c(=O)[nH]2)nn1. The second kappa shape index (κ2) is 3.42. The van der Waals surface area contributed by atoms with Crippen molar-refractivity contribution < 1.29 is 0 Å². The van der Waals surface area contributed by atoms with Gasteiger partial charge < -0.3 is 5.73 Å². The number of hydrogen-bond donors (Lipinski definition) is 3. The number of aromatic nitrogens is 6. The fraction of sp³-hybridized carbons (Fsp3) is 0.333. The van der Waals surface area contributed by atoms with Crippen LogP contribution in [-0.4, -0.2) is 36.7 Å². The fourth-order valence-corrected chi connectivity index (χ4v) is 1.04. The molecule has 8 nitrogen and oxygen atoms in total. The molecule has 0 aliphatic carbocycles. The van der Waals surface area contributed by atoms with E-state index in [0.29, 0.717) is 24.6 Å². The monoisotopic (exact) mass is 195 g/mol. The van der Waals surface area contributed by atoms with Crippen molar-refractivity contribution in [2.24, 2.45) is 5.73 Å². The summed E-state index contributed by atoms with van der Waals surface area (Å²) in [6.07, 6.45) is 1.67. The average Bonchev–Trinajstić information content (AvgIpc) is 2.74.